The molecular weight excluding hydrogens is 226 g/mol. The zero-order valence-electron chi connectivity index (χ0n) is 8.55. The zero-order chi connectivity index (χ0) is 10.3. The van der Waals surface area contributed by atoms with Crippen LogP contribution in [0.4, 0.5) is 5.69 Å². The van der Waals surface area contributed by atoms with E-state index in [1.54, 1.807) is 0 Å². The summed E-state index contributed by atoms with van der Waals surface area (Å²) in [5, 5.41) is 4.41. The van der Waals surface area contributed by atoms with E-state index in [9.17, 15) is 0 Å². The van der Waals surface area contributed by atoms with Crippen molar-refractivity contribution in [2.24, 2.45) is 5.41 Å². The van der Waals surface area contributed by atoms with Gasteiger partial charge in [0.05, 0.1) is 0 Å². The second-order valence-electron chi connectivity index (χ2n) is 4.64. The number of rotatable bonds is 0. The third-order valence-electron chi connectivity index (χ3n) is 3.55. The maximum atomic E-state index is 6.01. The topological polar surface area (TPSA) is 12.0 Å². The van der Waals surface area contributed by atoms with Crippen LogP contribution in [0, 0.1) is 5.41 Å². The first-order chi connectivity index (χ1) is 7.27. The predicted molar refractivity (Wildman–Crippen MR) is 66.9 cm³/mol. The van der Waals surface area contributed by atoms with E-state index in [4.69, 9.17) is 11.6 Å². The molecule has 1 fully saturated rings. The van der Waals surface area contributed by atoms with E-state index in [1.165, 1.54) is 35.6 Å². The minimum Gasteiger partial charge on any atom is -0.384 e. The Kier molecular flexibility index (Phi) is 2.37. The summed E-state index contributed by atoms with van der Waals surface area (Å²) in [4.78, 5) is 1.31. The van der Waals surface area contributed by atoms with Gasteiger partial charge in [-0.25, -0.2) is 0 Å². The lowest BCUT2D eigenvalue weighted by Gasteiger charge is -2.40. The molecule has 1 N–H and O–H groups in total. The molecule has 15 heavy (non-hydrogen) atoms. The molecule has 0 radical (unpaired) electrons. The van der Waals surface area contributed by atoms with Gasteiger partial charge < -0.3 is 5.32 Å². The molecule has 0 atom stereocenters. The van der Waals surface area contributed by atoms with Crippen molar-refractivity contribution >= 4 is 29.1 Å². The van der Waals surface area contributed by atoms with E-state index in [-0.39, 0.29) is 0 Å². The van der Waals surface area contributed by atoms with E-state index < -0.39 is 0 Å². The molecule has 2 aliphatic rings. The molecule has 1 nitrogen and oxygen atoms in total. The summed E-state index contributed by atoms with van der Waals surface area (Å²) in [6.07, 6.45) is 4.17. The average Bonchev–Trinajstić information content (AvgIpc) is 2.36. The highest BCUT2D eigenvalue weighted by Gasteiger charge is 2.38. The normalized spacial score (nSPS) is 22.5. The van der Waals surface area contributed by atoms with Crippen LogP contribution >= 0.6 is 23.4 Å². The van der Waals surface area contributed by atoms with Crippen molar-refractivity contribution in [3.8, 4) is 0 Å². The number of benzene rings is 1. The van der Waals surface area contributed by atoms with Crippen molar-refractivity contribution in [3.05, 3.63) is 23.2 Å². The summed E-state index contributed by atoms with van der Waals surface area (Å²) in [6, 6.07) is 6.14. The van der Waals surface area contributed by atoms with Crippen molar-refractivity contribution in [1.29, 1.82) is 0 Å². The number of nitrogens with one attached hydrogen (secondary N) is 1. The summed E-state index contributed by atoms with van der Waals surface area (Å²) in [5.41, 5.74) is 1.82. The molecule has 0 saturated heterocycles. The van der Waals surface area contributed by atoms with E-state index in [1.807, 2.05) is 17.8 Å². The Morgan fingerprint density at radius 1 is 1.33 bits per heavy atom. The van der Waals surface area contributed by atoms with Crippen LogP contribution in [0.5, 0.6) is 0 Å². The van der Waals surface area contributed by atoms with Gasteiger partial charge in [-0.15, -0.1) is 11.8 Å². The highest BCUT2D eigenvalue weighted by atomic mass is 35.5. The highest BCUT2D eigenvalue weighted by molar-refractivity contribution is 7.99. The minimum atomic E-state index is 0.566. The van der Waals surface area contributed by atoms with Crippen LogP contribution < -0.4 is 5.32 Å². The van der Waals surface area contributed by atoms with Gasteiger partial charge in [0.15, 0.2) is 0 Å². The largest absolute Gasteiger partial charge is 0.384 e. The molecule has 1 saturated carbocycles. The number of anilines is 1. The van der Waals surface area contributed by atoms with Crippen LogP contribution in [-0.2, 0) is 0 Å². The quantitative estimate of drug-likeness (QED) is 0.734. The van der Waals surface area contributed by atoms with Crippen LogP contribution in [0.25, 0.3) is 0 Å². The molecule has 1 aromatic rings. The van der Waals surface area contributed by atoms with Crippen molar-refractivity contribution in [2.45, 2.75) is 24.2 Å². The smallest absolute Gasteiger partial charge is 0.0479 e. The van der Waals surface area contributed by atoms with Gasteiger partial charge in [0.1, 0.15) is 0 Å². The van der Waals surface area contributed by atoms with Gasteiger partial charge in [0.25, 0.3) is 0 Å². The van der Waals surface area contributed by atoms with Gasteiger partial charge in [-0.1, -0.05) is 18.0 Å². The lowest BCUT2D eigenvalue weighted by atomic mass is 9.70. The molecule has 3 rings (SSSR count). The molecule has 0 bridgehead atoms. The summed E-state index contributed by atoms with van der Waals surface area (Å²) in [6.45, 7) is 1.13. The Morgan fingerprint density at radius 3 is 2.93 bits per heavy atom. The van der Waals surface area contributed by atoms with Gasteiger partial charge in [0.2, 0.25) is 0 Å². The second kappa shape index (κ2) is 3.60. The first-order valence-electron chi connectivity index (χ1n) is 5.44. The molecule has 1 spiro atoms. The average molecular weight is 240 g/mol. The Morgan fingerprint density at radius 2 is 2.20 bits per heavy atom. The second-order valence-corrected chi connectivity index (χ2v) is 6.09. The SMILES string of the molecule is Clc1ccc2c(c1)SCC1(CCC1)CN2. The van der Waals surface area contributed by atoms with Gasteiger partial charge >= 0.3 is 0 Å². The zero-order valence-corrected chi connectivity index (χ0v) is 10.1. The molecule has 1 aromatic carbocycles. The van der Waals surface area contributed by atoms with Crippen LogP contribution in [0.1, 0.15) is 19.3 Å². The third-order valence-corrected chi connectivity index (χ3v) is 5.19. The lowest BCUT2D eigenvalue weighted by Crippen LogP contribution is -2.37. The minimum absolute atomic E-state index is 0.566. The molecule has 0 amide bonds. The molecule has 0 aromatic heterocycles. The fraction of sp³-hybridized carbons (Fsp3) is 0.500. The molecule has 80 valence electrons. The summed E-state index contributed by atoms with van der Waals surface area (Å²) in [7, 11) is 0. The molecular formula is C12H14ClNS. The molecule has 1 heterocycles. The summed E-state index contributed by atoms with van der Waals surface area (Å²) in [5.74, 6) is 1.24. The summed E-state index contributed by atoms with van der Waals surface area (Å²) >= 11 is 7.97. The van der Waals surface area contributed by atoms with Crippen LogP contribution in [-0.4, -0.2) is 12.3 Å². The Labute approximate surface area is 99.6 Å². The van der Waals surface area contributed by atoms with E-state index in [0.29, 0.717) is 5.41 Å². The van der Waals surface area contributed by atoms with E-state index >= 15 is 0 Å². The van der Waals surface area contributed by atoms with Crippen molar-refractivity contribution in [1.82, 2.24) is 0 Å². The predicted octanol–water partition coefficient (Wildman–Crippen LogP) is 4.03. The molecule has 1 aliphatic carbocycles. The first-order valence-corrected chi connectivity index (χ1v) is 6.80. The van der Waals surface area contributed by atoms with E-state index in [0.717, 1.165) is 11.6 Å². The molecule has 0 unspecified atom stereocenters. The van der Waals surface area contributed by atoms with Crippen molar-refractivity contribution in [3.63, 3.8) is 0 Å². The van der Waals surface area contributed by atoms with Crippen molar-refractivity contribution < 1.29 is 0 Å². The van der Waals surface area contributed by atoms with Gasteiger partial charge in [-0.2, -0.15) is 0 Å². The van der Waals surface area contributed by atoms with Gasteiger partial charge in [0, 0.05) is 27.9 Å². The standard InChI is InChI=1S/C12H14ClNS/c13-9-2-3-10-11(6-9)15-8-12(7-14-10)4-1-5-12/h2-3,6,14H,1,4-5,7-8H2. The number of fused-ring (bicyclic) bond motifs is 1. The summed E-state index contributed by atoms with van der Waals surface area (Å²) < 4.78 is 0. The Bertz CT molecular complexity index is 387. The third kappa shape index (κ3) is 1.74. The number of thioether (sulfide) groups is 1. The Hall–Kier alpha value is -0.340. The lowest BCUT2D eigenvalue weighted by molar-refractivity contribution is 0.187. The maximum Gasteiger partial charge on any atom is 0.0479 e. The van der Waals surface area contributed by atoms with Crippen LogP contribution in [0.3, 0.4) is 0 Å². The Balaban J connectivity index is 1.88. The number of halogens is 1. The number of hydrogen-bond acceptors (Lipinski definition) is 2. The molecule has 1 aliphatic heterocycles. The highest BCUT2D eigenvalue weighted by Crippen LogP contribution is 2.48. The van der Waals surface area contributed by atoms with Gasteiger partial charge in [-0.3, -0.25) is 0 Å². The molecule has 3 heteroatoms. The monoisotopic (exact) mass is 239 g/mol. The fourth-order valence-electron chi connectivity index (χ4n) is 2.32. The van der Waals surface area contributed by atoms with Crippen LogP contribution in [0.15, 0.2) is 23.1 Å². The van der Waals surface area contributed by atoms with E-state index in [2.05, 4.69) is 17.4 Å². The number of hydrogen-bond donors (Lipinski definition) is 1. The maximum absolute atomic E-state index is 6.01. The fourth-order valence-corrected chi connectivity index (χ4v) is 3.92. The first kappa shape index (κ1) is 9.86. The van der Waals surface area contributed by atoms with Gasteiger partial charge in [-0.05, 0) is 36.5 Å². The van der Waals surface area contributed by atoms with Crippen molar-refractivity contribution in [2.75, 3.05) is 17.6 Å². The van der Waals surface area contributed by atoms with Crippen LogP contribution in [0.2, 0.25) is 5.02 Å².